The second-order valence-electron chi connectivity index (χ2n) is 4.44. The number of benzene rings is 1. The molecule has 0 spiro atoms. The molecule has 1 aromatic heterocycles. The van der Waals surface area contributed by atoms with E-state index in [4.69, 9.17) is 10.5 Å². The molecule has 3 N–H and O–H groups in total. The first-order valence-corrected chi connectivity index (χ1v) is 6.66. The van der Waals surface area contributed by atoms with Gasteiger partial charge in [0.05, 0.1) is 12.1 Å². The first-order chi connectivity index (χ1) is 10.1. The van der Waals surface area contributed by atoms with Gasteiger partial charge < -0.3 is 15.8 Å². The molecule has 0 aliphatic carbocycles. The van der Waals surface area contributed by atoms with Crippen molar-refractivity contribution in [3.8, 4) is 0 Å². The Morgan fingerprint density at radius 2 is 2.10 bits per heavy atom. The van der Waals surface area contributed by atoms with E-state index in [1.165, 1.54) is 0 Å². The summed E-state index contributed by atoms with van der Waals surface area (Å²) in [7, 11) is 0. The molecule has 0 aliphatic rings. The fraction of sp³-hybridized carbons (Fsp3) is 0.267. The Morgan fingerprint density at radius 1 is 1.33 bits per heavy atom. The van der Waals surface area contributed by atoms with Crippen molar-refractivity contribution in [2.24, 2.45) is 5.73 Å². The number of aromatic nitrogens is 1. The van der Waals surface area contributed by atoms with Crippen LogP contribution in [0.4, 0.5) is 0 Å². The van der Waals surface area contributed by atoms with Gasteiger partial charge in [0.25, 0.3) is 0 Å². The van der Waals surface area contributed by atoms with Crippen molar-refractivity contribution in [3.05, 3.63) is 42.1 Å². The minimum absolute atomic E-state index is 0.188. The number of rotatable bonds is 5. The lowest BCUT2D eigenvalue weighted by Crippen LogP contribution is -2.46. The van der Waals surface area contributed by atoms with Crippen LogP contribution in [0.2, 0.25) is 0 Å². The topological polar surface area (TPSA) is 94.3 Å². The lowest BCUT2D eigenvalue weighted by atomic mass is 10.1. The molecule has 1 atom stereocenters. The van der Waals surface area contributed by atoms with E-state index < -0.39 is 17.9 Å². The van der Waals surface area contributed by atoms with E-state index in [-0.39, 0.29) is 13.2 Å². The van der Waals surface area contributed by atoms with E-state index in [2.05, 4.69) is 10.3 Å². The van der Waals surface area contributed by atoms with Gasteiger partial charge in [-0.05, 0) is 18.6 Å². The number of esters is 1. The molecule has 1 amide bonds. The summed E-state index contributed by atoms with van der Waals surface area (Å²) in [6.45, 7) is 2.09. The number of carbonyl (C=O) groups excluding carboxylic acids is 2. The molecule has 0 saturated carbocycles. The Bertz CT molecular complexity index is 652. The summed E-state index contributed by atoms with van der Waals surface area (Å²) < 4.78 is 4.71. The molecule has 1 unspecified atom stereocenters. The molecule has 0 radical (unpaired) electrons. The minimum Gasteiger partial charge on any atom is -0.464 e. The summed E-state index contributed by atoms with van der Waals surface area (Å²) in [5.74, 6) is -1.30. The van der Waals surface area contributed by atoms with Crippen molar-refractivity contribution in [2.45, 2.75) is 19.5 Å². The fourth-order valence-corrected chi connectivity index (χ4v) is 1.94. The summed E-state index contributed by atoms with van der Waals surface area (Å²) in [6, 6.07) is 8.17. The monoisotopic (exact) mass is 287 g/mol. The van der Waals surface area contributed by atoms with Crippen LogP contribution in [0.5, 0.6) is 0 Å². The summed E-state index contributed by atoms with van der Waals surface area (Å²) >= 11 is 0. The van der Waals surface area contributed by atoms with Gasteiger partial charge in [-0.15, -0.1) is 0 Å². The highest BCUT2D eigenvalue weighted by Crippen LogP contribution is 2.15. The SMILES string of the molecule is CCOC(=O)C(N)C(=O)NCc1cccc2cccnc12. The number of nitrogens with zero attached hydrogens (tertiary/aromatic N) is 1. The number of amides is 1. The van der Waals surface area contributed by atoms with Gasteiger partial charge in [0.15, 0.2) is 6.04 Å². The number of nitrogens with two attached hydrogens (primary N) is 1. The number of hydrogen-bond donors (Lipinski definition) is 2. The number of para-hydroxylation sites is 1. The maximum atomic E-state index is 11.8. The fourth-order valence-electron chi connectivity index (χ4n) is 1.94. The molecule has 110 valence electrons. The summed E-state index contributed by atoms with van der Waals surface area (Å²) in [4.78, 5) is 27.5. The van der Waals surface area contributed by atoms with Crippen LogP contribution in [0, 0.1) is 0 Å². The highest BCUT2D eigenvalue weighted by atomic mass is 16.5. The molecule has 2 rings (SSSR count). The standard InChI is InChI=1S/C15H17N3O3/c1-2-21-15(20)12(16)14(19)18-9-11-6-3-5-10-7-4-8-17-13(10)11/h3-8,12H,2,9,16H2,1H3,(H,18,19). The van der Waals surface area contributed by atoms with Gasteiger partial charge >= 0.3 is 5.97 Å². The van der Waals surface area contributed by atoms with Gasteiger partial charge in [-0.3, -0.25) is 9.78 Å². The lowest BCUT2D eigenvalue weighted by molar-refractivity contribution is -0.148. The van der Waals surface area contributed by atoms with Crippen LogP contribution in [0.25, 0.3) is 10.9 Å². The highest BCUT2D eigenvalue weighted by molar-refractivity contribution is 6.01. The molecule has 2 aromatic rings. The van der Waals surface area contributed by atoms with E-state index in [1.807, 2.05) is 30.3 Å². The first kappa shape index (κ1) is 14.9. The van der Waals surface area contributed by atoms with E-state index in [0.29, 0.717) is 0 Å². The van der Waals surface area contributed by atoms with Gasteiger partial charge in [0.2, 0.25) is 5.91 Å². The third-order valence-corrected chi connectivity index (χ3v) is 2.99. The molecule has 0 bridgehead atoms. The van der Waals surface area contributed by atoms with E-state index in [1.54, 1.807) is 13.1 Å². The largest absolute Gasteiger partial charge is 0.464 e. The molecular formula is C15H17N3O3. The second kappa shape index (κ2) is 6.81. The van der Waals surface area contributed by atoms with Crippen LogP contribution in [-0.2, 0) is 20.9 Å². The first-order valence-electron chi connectivity index (χ1n) is 6.66. The molecule has 0 fully saturated rings. The van der Waals surface area contributed by atoms with Gasteiger partial charge in [0, 0.05) is 18.1 Å². The Hall–Kier alpha value is -2.47. The zero-order chi connectivity index (χ0) is 15.2. The maximum Gasteiger partial charge on any atom is 0.332 e. The van der Waals surface area contributed by atoms with E-state index in [9.17, 15) is 9.59 Å². The van der Waals surface area contributed by atoms with Crippen molar-refractivity contribution in [2.75, 3.05) is 6.61 Å². The van der Waals surface area contributed by atoms with Crippen LogP contribution in [-0.4, -0.2) is 29.5 Å². The molecule has 6 heteroatoms. The quantitative estimate of drug-likeness (QED) is 0.625. The van der Waals surface area contributed by atoms with Crippen molar-refractivity contribution >= 4 is 22.8 Å². The molecule has 1 aromatic carbocycles. The number of pyridine rings is 1. The van der Waals surface area contributed by atoms with Crippen LogP contribution in [0.3, 0.4) is 0 Å². The molecule has 0 aliphatic heterocycles. The Balaban J connectivity index is 2.05. The predicted molar refractivity (Wildman–Crippen MR) is 78.2 cm³/mol. The van der Waals surface area contributed by atoms with Crippen molar-refractivity contribution in [1.29, 1.82) is 0 Å². The Labute approximate surface area is 122 Å². The van der Waals surface area contributed by atoms with E-state index in [0.717, 1.165) is 16.5 Å². The van der Waals surface area contributed by atoms with Crippen molar-refractivity contribution in [1.82, 2.24) is 10.3 Å². The molecule has 21 heavy (non-hydrogen) atoms. The lowest BCUT2D eigenvalue weighted by Gasteiger charge is -2.12. The summed E-state index contributed by atoms with van der Waals surface area (Å²) in [6.07, 6.45) is 1.69. The average molecular weight is 287 g/mol. The zero-order valence-corrected chi connectivity index (χ0v) is 11.7. The van der Waals surface area contributed by atoms with Crippen molar-refractivity contribution < 1.29 is 14.3 Å². The number of nitrogens with one attached hydrogen (secondary N) is 1. The predicted octanol–water partition coefficient (Wildman–Crippen LogP) is 0.741. The highest BCUT2D eigenvalue weighted by Gasteiger charge is 2.23. The average Bonchev–Trinajstić information content (AvgIpc) is 2.52. The van der Waals surface area contributed by atoms with Crippen LogP contribution >= 0.6 is 0 Å². The smallest absolute Gasteiger partial charge is 0.332 e. The number of carbonyl (C=O) groups is 2. The third-order valence-electron chi connectivity index (χ3n) is 2.99. The van der Waals surface area contributed by atoms with Gasteiger partial charge in [-0.1, -0.05) is 24.3 Å². The normalized spacial score (nSPS) is 11.9. The van der Waals surface area contributed by atoms with Gasteiger partial charge in [-0.25, -0.2) is 4.79 Å². The number of hydrogen-bond acceptors (Lipinski definition) is 5. The number of fused-ring (bicyclic) bond motifs is 1. The third kappa shape index (κ3) is 3.55. The zero-order valence-electron chi connectivity index (χ0n) is 11.7. The molecule has 1 heterocycles. The minimum atomic E-state index is -1.31. The molecule has 6 nitrogen and oxygen atoms in total. The van der Waals surface area contributed by atoms with E-state index >= 15 is 0 Å². The Kier molecular flexibility index (Phi) is 4.84. The van der Waals surface area contributed by atoms with Crippen LogP contribution in [0.1, 0.15) is 12.5 Å². The number of ether oxygens (including phenoxy) is 1. The summed E-state index contributed by atoms with van der Waals surface area (Å²) in [5.41, 5.74) is 7.19. The Morgan fingerprint density at radius 3 is 2.86 bits per heavy atom. The molecule has 0 saturated heterocycles. The second-order valence-corrected chi connectivity index (χ2v) is 4.44. The van der Waals surface area contributed by atoms with Crippen LogP contribution in [0.15, 0.2) is 36.5 Å². The summed E-state index contributed by atoms with van der Waals surface area (Å²) in [5, 5.41) is 3.61. The van der Waals surface area contributed by atoms with Gasteiger partial charge in [0.1, 0.15) is 0 Å². The maximum absolute atomic E-state index is 11.8. The van der Waals surface area contributed by atoms with Crippen molar-refractivity contribution in [3.63, 3.8) is 0 Å². The van der Waals surface area contributed by atoms with Gasteiger partial charge in [-0.2, -0.15) is 0 Å². The molecular weight excluding hydrogens is 270 g/mol. The van der Waals surface area contributed by atoms with Crippen LogP contribution < -0.4 is 11.1 Å².